The lowest BCUT2D eigenvalue weighted by Gasteiger charge is -2.00. The molecule has 0 radical (unpaired) electrons. The van der Waals surface area contributed by atoms with Crippen molar-refractivity contribution in [2.75, 3.05) is 0 Å². The molecule has 0 fully saturated rings. The van der Waals surface area contributed by atoms with Gasteiger partial charge >= 0.3 is 0 Å². The number of primary amides is 1. The maximum Gasteiger partial charge on any atom is 0.257 e. The van der Waals surface area contributed by atoms with Crippen LogP contribution in [0.5, 0.6) is 0 Å². The third-order valence-electron chi connectivity index (χ3n) is 2.88. The first kappa shape index (κ1) is 12.7. The number of rotatable bonds is 4. The zero-order chi connectivity index (χ0) is 13.9. The van der Waals surface area contributed by atoms with E-state index in [0.717, 1.165) is 22.4 Å². The summed E-state index contributed by atoms with van der Waals surface area (Å²) in [5, 5.41) is 0.644. The molecule has 0 spiro atoms. The minimum atomic E-state index is -0.414. The monoisotopic (exact) mass is 284 g/mol. The van der Waals surface area contributed by atoms with Gasteiger partial charge in [-0.25, -0.2) is 4.98 Å². The SMILES string of the molecule is NC(=O)c1ccc(CSc2nc3ccccc3o2)cc1. The Hall–Kier alpha value is -2.27. The van der Waals surface area contributed by atoms with Crippen LogP contribution in [0, 0.1) is 0 Å². The van der Waals surface area contributed by atoms with Crippen molar-refractivity contribution in [2.24, 2.45) is 5.73 Å². The van der Waals surface area contributed by atoms with Crippen molar-refractivity contribution in [2.45, 2.75) is 11.0 Å². The molecule has 0 aliphatic carbocycles. The Balaban J connectivity index is 1.71. The van der Waals surface area contributed by atoms with Crippen LogP contribution in [-0.4, -0.2) is 10.9 Å². The van der Waals surface area contributed by atoms with Crippen molar-refractivity contribution in [1.29, 1.82) is 0 Å². The molecule has 100 valence electrons. The fourth-order valence-corrected chi connectivity index (χ4v) is 2.62. The van der Waals surface area contributed by atoms with Gasteiger partial charge in [0.25, 0.3) is 5.22 Å². The highest BCUT2D eigenvalue weighted by atomic mass is 32.2. The number of carbonyl (C=O) groups excluding carboxylic acids is 1. The summed E-state index contributed by atoms with van der Waals surface area (Å²) >= 11 is 1.52. The fraction of sp³-hybridized carbons (Fsp3) is 0.0667. The molecule has 20 heavy (non-hydrogen) atoms. The predicted molar refractivity (Wildman–Crippen MR) is 78.5 cm³/mol. The Bertz CT molecular complexity index is 717. The molecule has 1 heterocycles. The van der Waals surface area contributed by atoms with Crippen LogP contribution in [0.15, 0.2) is 58.2 Å². The Kier molecular flexibility index (Phi) is 3.43. The number of hydrogen-bond donors (Lipinski definition) is 1. The van der Waals surface area contributed by atoms with E-state index in [1.54, 1.807) is 12.1 Å². The Morgan fingerprint density at radius 1 is 1.15 bits per heavy atom. The third-order valence-corrected chi connectivity index (χ3v) is 3.77. The van der Waals surface area contributed by atoms with E-state index in [9.17, 15) is 4.79 Å². The molecule has 1 aromatic heterocycles. The lowest BCUT2D eigenvalue weighted by molar-refractivity contribution is 0.100. The average molecular weight is 284 g/mol. The van der Waals surface area contributed by atoms with Gasteiger partial charge in [0.15, 0.2) is 5.58 Å². The molecule has 3 rings (SSSR count). The smallest absolute Gasteiger partial charge is 0.257 e. The highest BCUT2D eigenvalue weighted by Crippen LogP contribution is 2.26. The van der Waals surface area contributed by atoms with E-state index in [1.165, 1.54) is 11.8 Å². The number of aromatic nitrogens is 1. The van der Waals surface area contributed by atoms with E-state index in [2.05, 4.69) is 4.98 Å². The summed E-state index contributed by atoms with van der Waals surface area (Å²) < 4.78 is 5.63. The third kappa shape index (κ3) is 2.67. The van der Waals surface area contributed by atoms with Crippen molar-refractivity contribution < 1.29 is 9.21 Å². The molecule has 0 atom stereocenters. The highest BCUT2D eigenvalue weighted by molar-refractivity contribution is 7.98. The van der Waals surface area contributed by atoms with Crippen LogP contribution in [-0.2, 0) is 5.75 Å². The van der Waals surface area contributed by atoms with Gasteiger partial charge in [-0.05, 0) is 29.8 Å². The number of amides is 1. The van der Waals surface area contributed by atoms with Gasteiger partial charge in [0.05, 0.1) is 0 Å². The maximum atomic E-state index is 11.0. The molecule has 0 aliphatic heterocycles. The van der Waals surface area contributed by atoms with Crippen molar-refractivity contribution in [3.05, 3.63) is 59.7 Å². The number of oxazole rings is 1. The van der Waals surface area contributed by atoms with E-state index >= 15 is 0 Å². The number of benzene rings is 2. The molecule has 0 bridgehead atoms. The number of hydrogen-bond acceptors (Lipinski definition) is 4. The van der Waals surface area contributed by atoms with Crippen LogP contribution in [0.1, 0.15) is 15.9 Å². The summed E-state index contributed by atoms with van der Waals surface area (Å²) in [6.07, 6.45) is 0. The number of nitrogens with zero attached hydrogens (tertiary/aromatic N) is 1. The molecule has 0 saturated heterocycles. The summed E-state index contributed by atoms with van der Waals surface area (Å²) in [6.45, 7) is 0. The Morgan fingerprint density at radius 2 is 1.90 bits per heavy atom. The summed E-state index contributed by atoms with van der Waals surface area (Å²) in [5.74, 6) is 0.314. The van der Waals surface area contributed by atoms with E-state index < -0.39 is 5.91 Å². The topological polar surface area (TPSA) is 69.1 Å². The first-order valence-electron chi connectivity index (χ1n) is 6.09. The second-order valence-corrected chi connectivity index (χ2v) is 5.22. The standard InChI is InChI=1S/C15H12N2O2S/c16-14(18)11-7-5-10(6-8-11)9-20-15-17-12-3-1-2-4-13(12)19-15/h1-8H,9H2,(H2,16,18). The first-order valence-corrected chi connectivity index (χ1v) is 7.08. The quantitative estimate of drug-likeness (QED) is 0.747. The second kappa shape index (κ2) is 5.38. The fourth-order valence-electron chi connectivity index (χ4n) is 1.82. The molecule has 0 saturated carbocycles. The number of carbonyl (C=O) groups is 1. The van der Waals surface area contributed by atoms with Gasteiger partial charge in [-0.3, -0.25) is 4.79 Å². The van der Waals surface area contributed by atoms with Gasteiger partial charge < -0.3 is 10.2 Å². The molecule has 4 nitrogen and oxygen atoms in total. The average Bonchev–Trinajstić information content (AvgIpc) is 2.88. The molecular formula is C15H12N2O2S. The molecule has 2 N–H and O–H groups in total. The summed E-state index contributed by atoms with van der Waals surface area (Å²) in [5.41, 5.74) is 8.45. The van der Waals surface area contributed by atoms with Crippen molar-refractivity contribution >= 4 is 28.8 Å². The number of fused-ring (bicyclic) bond motifs is 1. The van der Waals surface area contributed by atoms with Gasteiger partial charge in [0.2, 0.25) is 5.91 Å². The van der Waals surface area contributed by atoms with E-state index in [4.69, 9.17) is 10.2 Å². The molecule has 0 unspecified atom stereocenters. The Morgan fingerprint density at radius 3 is 2.60 bits per heavy atom. The van der Waals surface area contributed by atoms with Gasteiger partial charge in [-0.1, -0.05) is 36.0 Å². The normalized spacial score (nSPS) is 10.8. The maximum absolute atomic E-state index is 11.0. The molecule has 0 aliphatic rings. The van der Waals surface area contributed by atoms with Crippen molar-refractivity contribution in [3.63, 3.8) is 0 Å². The van der Waals surface area contributed by atoms with Crippen LogP contribution < -0.4 is 5.73 Å². The predicted octanol–water partition coefficient (Wildman–Crippen LogP) is 3.22. The molecule has 5 heteroatoms. The van der Waals surface area contributed by atoms with Gasteiger partial charge in [0, 0.05) is 11.3 Å². The van der Waals surface area contributed by atoms with Gasteiger partial charge in [-0.2, -0.15) is 0 Å². The number of para-hydroxylation sites is 2. The van der Waals surface area contributed by atoms with Crippen LogP contribution >= 0.6 is 11.8 Å². The van der Waals surface area contributed by atoms with Crippen LogP contribution in [0.25, 0.3) is 11.1 Å². The summed E-state index contributed by atoms with van der Waals surface area (Å²) in [4.78, 5) is 15.4. The summed E-state index contributed by atoms with van der Waals surface area (Å²) in [6, 6.07) is 14.9. The van der Waals surface area contributed by atoms with Crippen LogP contribution in [0.2, 0.25) is 0 Å². The first-order chi connectivity index (χ1) is 9.72. The summed E-state index contributed by atoms with van der Waals surface area (Å²) in [7, 11) is 0. The number of nitrogens with two attached hydrogens (primary N) is 1. The van der Waals surface area contributed by atoms with Crippen LogP contribution in [0.3, 0.4) is 0 Å². The van der Waals surface area contributed by atoms with Crippen molar-refractivity contribution in [1.82, 2.24) is 4.98 Å². The molecule has 2 aromatic carbocycles. The lowest BCUT2D eigenvalue weighted by Crippen LogP contribution is -2.10. The van der Waals surface area contributed by atoms with E-state index in [1.807, 2.05) is 36.4 Å². The van der Waals surface area contributed by atoms with Gasteiger partial charge in [0.1, 0.15) is 5.52 Å². The zero-order valence-corrected chi connectivity index (χ0v) is 11.4. The van der Waals surface area contributed by atoms with Crippen LogP contribution in [0.4, 0.5) is 0 Å². The zero-order valence-electron chi connectivity index (χ0n) is 10.6. The largest absolute Gasteiger partial charge is 0.431 e. The Labute approximate surface area is 120 Å². The van der Waals surface area contributed by atoms with Crippen molar-refractivity contribution in [3.8, 4) is 0 Å². The highest BCUT2D eigenvalue weighted by Gasteiger charge is 2.06. The molecule has 1 amide bonds. The van der Waals surface area contributed by atoms with E-state index in [0.29, 0.717) is 10.8 Å². The van der Waals surface area contributed by atoms with Gasteiger partial charge in [-0.15, -0.1) is 0 Å². The second-order valence-electron chi connectivity index (χ2n) is 4.30. The number of thioether (sulfide) groups is 1. The molecular weight excluding hydrogens is 272 g/mol. The van der Waals surface area contributed by atoms with E-state index in [-0.39, 0.29) is 0 Å². The molecule has 3 aromatic rings. The minimum Gasteiger partial charge on any atom is -0.431 e. The minimum absolute atomic E-state index is 0.414. The lowest BCUT2D eigenvalue weighted by atomic mass is 10.1.